The van der Waals surface area contributed by atoms with Crippen molar-refractivity contribution in [1.82, 2.24) is 5.32 Å². The monoisotopic (exact) mass is 227 g/mol. The number of rotatable bonds is 4. The van der Waals surface area contributed by atoms with Gasteiger partial charge in [0, 0.05) is 5.92 Å². The van der Waals surface area contributed by atoms with Crippen LogP contribution in [0.4, 0.5) is 0 Å². The Balaban J connectivity index is 1.87. The predicted octanol–water partition coefficient (Wildman–Crippen LogP) is -0.0157. The van der Waals surface area contributed by atoms with Crippen molar-refractivity contribution in [2.45, 2.75) is 31.7 Å². The summed E-state index contributed by atoms with van der Waals surface area (Å²) < 4.78 is 0. The third-order valence-corrected chi connectivity index (χ3v) is 3.76. The summed E-state index contributed by atoms with van der Waals surface area (Å²) in [5, 5.41) is 19.9. The maximum absolute atomic E-state index is 11.8. The van der Waals surface area contributed by atoms with Crippen LogP contribution in [0.25, 0.3) is 0 Å². The Morgan fingerprint density at radius 3 is 2.25 bits per heavy atom. The van der Waals surface area contributed by atoms with Crippen molar-refractivity contribution in [2.24, 2.45) is 17.8 Å². The molecule has 0 bridgehead atoms. The van der Waals surface area contributed by atoms with E-state index in [1.54, 1.807) is 0 Å². The molecule has 0 aromatic rings. The van der Waals surface area contributed by atoms with E-state index in [1.807, 2.05) is 0 Å². The van der Waals surface area contributed by atoms with E-state index < -0.39 is 18.6 Å². The number of carbonyl (C=O) groups excluding carboxylic acids is 1. The van der Waals surface area contributed by atoms with Gasteiger partial charge in [-0.05, 0) is 24.7 Å². The van der Waals surface area contributed by atoms with Gasteiger partial charge in [0.15, 0.2) is 0 Å². The van der Waals surface area contributed by atoms with Crippen molar-refractivity contribution >= 4 is 11.9 Å². The molecule has 3 N–H and O–H groups in total. The quantitative estimate of drug-likeness (QED) is 0.630. The lowest BCUT2D eigenvalue weighted by molar-refractivity contribution is -0.143. The van der Waals surface area contributed by atoms with Gasteiger partial charge in [-0.15, -0.1) is 0 Å². The van der Waals surface area contributed by atoms with Crippen LogP contribution in [0, 0.1) is 17.8 Å². The van der Waals surface area contributed by atoms with Gasteiger partial charge in [-0.3, -0.25) is 4.79 Å². The average Bonchev–Trinajstić information content (AvgIpc) is 2.99. The van der Waals surface area contributed by atoms with Crippen LogP contribution in [0.2, 0.25) is 0 Å². The maximum Gasteiger partial charge on any atom is 0.328 e. The van der Waals surface area contributed by atoms with Gasteiger partial charge in [0.1, 0.15) is 6.04 Å². The highest BCUT2D eigenvalue weighted by molar-refractivity contribution is 5.87. The van der Waals surface area contributed by atoms with Crippen LogP contribution >= 0.6 is 0 Å². The van der Waals surface area contributed by atoms with E-state index >= 15 is 0 Å². The summed E-state index contributed by atoms with van der Waals surface area (Å²) in [5.41, 5.74) is 0. The summed E-state index contributed by atoms with van der Waals surface area (Å²) in [6.45, 7) is -0.552. The lowest BCUT2D eigenvalue weighted by Crippen LogP contribution is -2.44. The number of hydrogen-bond acceptors (Lipinski definition) is 3. The molecule has 2 aliphatic rings. The van der Waals surface area contributed by atoms with E-state index in [4.69, 9.17) is 10.2 Å². The van der Waals surface area contributed by atoms with Crippen molar-refractivity contribution in [3.05, 3.63) is 0 Å². The second-order valence-electron chi connectivity index (χ2n) is 4.72. The lowest BCUT2D eigenvalue weighted by atomic mass is 10.0. The molecule has 16 heavy (non-hydrogen) atoms. The molecule has 0 spiro atoms. The van der Waals surface area contributed by atoms with Gasteiger partial charge in [0.05, 0.1) is 6.61 Å². The zero-order valence-corrected chi connectivity index (χ0v) is 9.06. The number of aliphatic hydroxyl groups is 1. The summed E-state index contributed by atoms with van der Waals surface area (Å²) in [5.74, 6) is -0.461. The fourth-order valence-electron chi connectivity index (χ4n) is 2.83. The van der Waals surface area contributed by atoms with Gasteiger partial charge >= 0.3 is 5.97 Å². The molecule has 0 radical (unpaired) electrons. The first-order valence-electron chi connectivity index (χ1n) is 5.79. The molecule has 0 aromatic carbocycles. The first kappa shape index (κ1) is 11.4. The summed E-state index contributed by atoms with van der Waals surface area (Å²) in [6.07, 6.45) is 4.51. The molecule has 0 aromatic heterocycles. The zero-order valence-electron chi connectivity index (χ0n) is 9.06. The third kappa shape index (κ3) is 2.04. The molecule has 2 aliphatic carbocycles. The van der Waals surface area contributed by atoms with Crippen LogP contribution in [0.15, 0.2) is 0 Å². The van der Waals surface area contributed by atoms with Crippen LogP contribution < -0.4 is 5.32 Å². The van der Waals surface area contributed by atoms with E-state index in [9.17, 15) is 9.59 Å². The van der Waals surface area contributed by atoms with Gasteiger partial charge < -0.3 is 15.5 Å². The molecule has 2 rings (SSSR count). The SMILES string of the molecule is O=C(N[C@@H](CO)C(=O)O)C1C2CCCCC21. The average molecular weight is 227 g/mol. The van der Waals surface area contributed by atoms with Crippen molar-refractivity contribution in [1.29, 1.82) is 0 Å². The Morgan fingerprint density at radius 1 is 1.25 bits per heavy atom. The van der Waals surface area contributed by atoms with Crippen LogP contribution in [0.3, 0.4) is 0 Å². The number of nitrogens with one attached hydrogen (secondary N) is 1. The zero-order chi connectivity index (χ0) is 11.7. The largest absolute Gasteiger partial charge is 0.480 e. The Kier molecular flexibility index (Phi) is 3.14. The summed E-state index contributed by atoms with van der Waals surface area (Å²) in [6, 6.07) is -1.16. The standard InChI is InChI=1S/C11H17NO4/c13-5-8(11(15)16)12-10(14)9-6-3-1-2-4-7(6)9/h6-9,13H,1-5H2,(H,12,14)(H,15,16)/t6?,7?,8-,9?/m0/s1. The predicted molar refractivity (Wildman–Crippen MR) is 55.6 cm³/mol. The fraction of sp³-hybridized carbons (Fsp3) is 0.818. The molecule has 0 heterocycles. The highest BCUT2D eigenvalue weighted by atomic mass is 16.4. The number of aliphatic carboxylic acids is 1. The molecule has 2 fully saturated rings. The molecular formula is C11H17NO4. The van der Waals surface area contributed by atoms with Gasteiger partial charge in [-0.2, -0.15) is 0 Å². The molecule has 0 aliphatic heterocycles. The van der Waals surface area contributed by atoms with Gasteiger partial charge in [-0.25, -0.2) is 4.79 Å². The highest BCUT2D eigenvalue weighted by Gasteiger charge is 2.54. The highest BCUT2D eigenvalue weighted by Crippen LogP contribution is 2.55. The second-order valence-corrected chi connectivity index (χ2v) is 4.72. The minimum absolute atomic E-state index is 0.00380. The summed E-state index contributed by atoms with van der Waals surface area (Å²) in [7, 11) is 0. The number of carboxylic acid groups (broad SMARTS) is 1. The number of aliphatic hydroxyl groups excluding tert-OH is 1. The van der Waals surface area contributed by atoms with E-state index in [-0.39, 0.29) is 11.8 Å². The second kappa shape index (κ2) is 4.41. The molecule has 3 atom stereocenters. The summed E-state index contributed by atoms with van der Waals surface area (Å²) in [4.78, 5) is 22.4. The van der Waals surface area contributed by atoms with Gasteiger partial charge in [0.25, 0.3) is 0 Å². The van der Waals surface area contributed by atoms with Crippen LogP contribution in [0.1, 0.15) is 25.7 Å². The third-order valence-electron chi connectivity index (χ3n) is 3.76. The van der Waals surface area contributed by atoms with Crippen molar-refractivity contribution in [3.8, 4) is 0 Å². The van der Waals surface area contributed by atoms with E-state index in [0.29, 0.717) is 11.8 Å². The molecule has 0 saturated heterocycles. The molecule has 2 unspecified atom stereocenters. The van der Waals surface area contributed by atoms with E-state index in [2.05, 4.69) is 5.32 Å². The maximum atomic E-state index is 11.8. The molecule has 2 saturated carbocycles. The Bertz CT molecular complexity index is 292. The van der Waals surface area contributed by atoms with Crippen LogP contribution in [-0.2, 0) is 9.59 Å². The normalized spacial score (nSPS) is 33.7. The minimum Gasteiger partial charge on any atom is -0.480 e. The lowest BCUT2D eigenvalue weighted by Gasteiger charge is -2.11. The number of carboxylic acids is 1. The molecule has 5 nitrogen and oxygen atoms in total. The summed E-state index contributed by atoms with van der Waals surface area (Å²) >= 11 is 0. The van der Waals surface area contributed by atoms with Crippen LogP contribution in [-0.4, -0.2) is 34.7 Å². The first-order chi connectivity index (χ1) is 7.65. The van der Waals surface area contributed by atoms with E-state index in [1.165, 1.54) is 12.8 Å². The van der Waals surface area contributed by atoms with Gasteiger partial charge in [-0.1, -0.05) is 12.8 Å². The van der Waals surface area contributed by atoms with Crippen LogP contribution in [0.5, 0.6) is 0 Å². The van der Waals surface area contributed by atoms with Crippen molar-refractivity contribution < 1.29 is 19.8 Å². The Hall–Kier alpha value is -1.10. The Morgan fingerprint density at radius 2 is 1.81 bits per heavy atom. The smallest absolute Gasteiger partial charge is 0.328 e. The molecule has 5 heteroatoms. The fourth-order valence-corrected chi connectivity index (χ4v) is 2.83. The molecular weight excluding hydrogens is 210 g/mol. The number of amides is 1. The molecule has 1 amide bonds. The number of carbonyl (C=O) groups is 2. The van der Waals surface area contributed by atoms with E-state index in [0.717, 1.165) is 12.8 Å². The number of hydrogen-bond donors (Lipinski definition) is 3. The molecule has 90 valence electrons. The number of fused-ring (bicyclic) bond motifs is 1. The minimum atomic E-state index is -1.18. The van der Waals surface area contributed by atoms with Crippen molar-refractivity contribution in [3.63, 3.8) is 0 Å². The topological polar surface area (TPSA) is 86.6 Å². The Labute approximate surface area is 93.8 Å². The first-order valence-corrected chi connectivity index (χ1v) is 5.79. The van der Waals surface area contributed by atoms with Crippen molar-refractivity contribution in [2.75, 3.05) is 6.61 Å². The van der Waals surface area contributed by atoms with Gasteiger partial charge in [0.2, 0.25) is 5.91 Å².